The summed E-state index contributed by atoms with van der Waals surface area (Å²) in [5.74, 6) is 0.668. The molecule has 0 spiro atoms. The molecule has 0 N–H and O–H groups in total. The molecule has 1 aliphatic heterocycles. The van der Waals surface area contributed by atoms with Crippen LogP contribution in [0.3, 0.4) is 0 Å². The number of hydrogen-bond acceptors (Lipinski definition) is 5. The molecule has 0 saturated heterocycles. The number of rotatable bonds is 6. The third kappa shape index (κ3) is 4.66. The first-order valence-electron chi connectivity index (χ1n) is 10.3. The van der Waals surface area contributed by atoms with Gasteiger partial charge in [-0.15, -0.1) is 0 Å². The van der Waals surface area contributed by atoms with Crippen molar-refractivity contribution in [2.45, 2.75) is 24.8 Å². The minimum absolute atomic E-state index is 0.267. The molecule has 3 aromatic rings. The Kier molecular flexibility index (Phi) is 6.26. The highest BCUT2D eigenvalue weighted by molar-refractivity contribution is 7.90. The number of aryl methyl sites for hydroxylation is 1. The summed E-state index contributed by atoms with van der Waals surface area (Å²) in [7, 11) is -1.59. The Morgan fingerprint density at radius 1 is 0.969 bits per heavy atom. The van der Waals surface area contributed by atoms with Crippen LogP contribution in [0.2, 0.25) is 0 Å². The van der Waals surface area contributed by atoms with Crippen molar-refractivity contribution in [3.8, 4) is 11.1 Å². The fourth-order valence-electron chi connectivity index (χ4n) is 3.78. The minimum Gasteiger partial charge on any atom is -0.380 e. The fourth-order valence-corrected chi connectivity index (χ4v) is 4.44. The quantitative estimate of drug-likeness (QED) is 0.509. The van der Waals surface area contributed by atoms with Gasteiger partial charge in [-0.1, -0.05) is 53.7 Å². The number of sulfone groups is 1. The van der Waals surface area contributed by atoms with Crippen LogP contribution in [-0.2, 0) is 26.0 Å². The summed E-state index contributed by atoms with van der Waals surface area (Å²) in [5, 5.41) is 4.27. The molecular weight excluding hydrogens is 422 g/mol. The van der Waals surface area contributed by atoms with Gasteiger partial charge in [-0.2, -0.15) is 0 Å². The molecule has 0 amide bonds. The zero-order chi connectivity index (χ0) is 22.7. The molecule has 0 bridgehead atoms. The van der Waals surface area contributed by atoms with Crippen molar-refractivity contribution in [3.63, 3.8) is 0 Å². The molecule has 1 aliphatic rings. The zero-order valence-corrected chi connectivity index (χ0v) is 19.1. The van der Waals surface area contributed by atoms with Gasteiger partial charge in [-0.05, 0) is 53.5 Å². The van der Waals surface area contributed by atoms with E-state index in [0.29, 0.717) is 24.5 Å². The lowest BCUT2D eigenvalue weighted by molar-refractivity contribution is 0.185. The van der Waals surface area contributed by atoms with Crippen LogP contribution in [0.25, 0.3) is 16.9 Å². The lowest BCUT2D eigenvalue weighted by Crippen LogP contribution is -2.08. The Bertz CT molecular complexity index is 1320. The molecule has 0 aromatic heterocycles. The van der Waals surface area contributed by atoms with Gasteiger partial charge in [0.1, 0.15) is 0 Å². The molecule has 32 heavy (non-hydrogen) atoms. The van der Waals surface area contributed by atoms with Crippen molar-refractivity contribution in [3.05, 3.63) is 95.1 Å². The molecule has 0 atom stereocenters. The molecule has 5 nitrogen and oxygen atoms in total. The van der Waals surface area contributed by atoms with E-state index in [2.05, 4.69) is 36.3 Å². The van der Waals surface area contributed by atoms with Gasteiger partial charge in [-0.25, -0.2) is 8.42 Å². The number of oxime groups is 1. The predicted molar refractivity (Wildman–Crippen MR) is 127 cm³/mol. The Hall–Kier alpha value is -3.22. The smallest absolute Gasteiger partial charge is 0.175 e. The average molecular weight is 448 g/mol. The number of benzene rings is 3. The number of allylic oxidation sites excluding steroid dienone is 1. The van der Waals surface area contributed by atoms with E-state index in [0.717, 1.165) is 22.3 Å². The summed E-state index contributed by atoms with van der Waals surface area (Å²) in [4.78, 5) is 5.98. The second-order valence-electron chi connectivity index (χ2n) is 7.82. The highest BCUT2D eigenvalue weighted by Gasteiger charge is 2.17. The Morgan fingerprint density at radius 2 is 1.78 bits per heavy atom. The summed E-state index contributed by atoms with van der Waals surface area (Å²) < 4.78 is 29.1. The monoisotopic (exact) mass is 447 g/mol. The summed E-state index contributed by atoms with van der Waals surface area (Å²) in [6.45, 7) is 2.58. The summed E-state index contributed by atoms with van der Waals surface area (Å²) in [6, 6.07) is 21.2. The first-order chi connectivity index (χ1) is 15.4. The first kappa shape index (κ1) is 22.0. The molecule has 0 radical (unpaired) electrons. The van der Waals surface area contributed by atoms with Gasteiger partial charge in [0.2, 0.25) is 0 Å². The van der Waals surface area contributed by atoms with Crippen LogP contribution in [0.5, 0.6) is 0 Å². The van der Waals surface area contributed by atoms with Crippen molar-refractivity contribution < 1.29 is 18.0 Å². The second kappa shape index (κ2) is 9.10. The predicted octanol–water partition coefficient (Wildman–Crippen LogP) is 5.38. The lowest BCUT2D eigenvalue weighted by Gasteiger charge is -2.17. The molecule has 6 heteroatoms. The summed E-state index contributed by atoms with van der Waals surface area (Å²) in [6.07, 6.45) is 3.71. The summed E-state index contributed by atoms with van der Waals surface area (Å²) >= 11 is 0. The highest BCUT2D eigenvalue weighted by atomic mass is 32.2. The van der Waals surface area contributed by atoms with Crippen molar-refractivity contribution >= 4 is 21.3 Å². The maximum Gasteiger partial charge on any atom is 0.175 e. The van der Waals surface area contributed by atoms with E-state index in [1.165, 1.54) is 17.4 Å². The highest BCUT2D eigenvalue weighted by Crippen LogP contribution is 2.31. The molecule has 164 valence electrons. The van der Waals surface area contributed by atoms with E-state index < -0.39 is 9.84 Å². The van der Waals surface area contributed by atoms with Crippen LogP contribution in [0.4, 0.5) is 0 Å². The van der Waals surface area contributed by atoms with E-state index in [9.17, 15) is 8.42 Å². The van der Waals surface area contributed by atoms with E-state index in [1.807, 2.05) is 30.3 Å². The van der Waals surface area contributed by atoms with Crippen LogP contribution in [0.15, 0.2) is 82.9 Å². The maximum atomic E-state index is 11.8. The second-order valence-corrected chi connectivity index (χ2v) is 9.84. The normalized spacial score (nSPS) is 13.8. The zero-order valence-electron chi connectivity index (χ0n) is 18.3. The van der Waals surface area contributed by atoms with Crippen LogP contribution in [0, 0.1) is 6.92 Å². The lowest BCUT2D eigenvalue weighted by atomic mass is 9.94. The topological polar surface area (TPSA) is 65.0 Å². The van der Waals surface area contributed by atoms with Gasteiger partial charge in [0.05, 0.1) is 17.2 Å². The van der Waals surface area contributed by atoms with Gasteiger partial charge < -0.3 is 9.57 Å². The molecule has 0 unspecified atom stereocenters. The van der Waals surface area contributed by atoms with E-state index in [1.54, 1.807) is 25.3 Å². The first-order valence-corrected chi connectivity index (χ1v) is 12.2. The fraction of sp³-hybridized carbons (Fsp3) is 0.192. The Morgan fingerprint density at radius 3 is 2.47 bits per heavy atom. The van der Waals surface area contributed by atoms with Gasteiger partial charge in [0, 0.05) is 30.9 Å². The molecular formula is C26H25NO4S. The number of ether oxygens (including phenoxy) is 1. The van der Waals surface area contributed by atoms with Crippen LogP contribution >= 0.6 is 0 Å². The molecule has 0 saturated carbocycles. The SMILES string of the molecule is COCc1cc(C2=CCC(c3cccc(S(C)(=O)=O)c3)=NO2)ccc1-c1ccccc1C. The Labute approximate surface area is 188 Å². The number of methoxy groups -OCH3 is 1. The average Bonchev–Trinajstić information content (AvgIpc) is 2.79. The van der Waals surface area contributed by atoms with Crippen LogP contribution < -0.4 is 0 Å². The molecule has 1 heterocycles. The van der Waals surface area contributed by atoms with Gasteiger partial charge in [-0.3, -0.25) is 0 Å². The largest absolute Gasteiger partial charge is 0.380 e. The molecule has 0 aliphatic carbocycles. The van der Waals surface area contributed by atoms with Gasteiger partial charge in [0.25, 0.3) is 0 Å². The van der Waals surface area contributed by atoms with E-state index >= 15 is 0 Å². The van der Waals surface area contributed by atoms with Crippen LogP contribution in [0.1, 0.15) is 28.7 Å². The third-order valence-electron chi connectivity index (χ3n) is 5.46. The van der Waals surface area contributed by atoms with Gasteiger partial charge >= 0.3 is 0 Å². The standard InChI is InChI=1S/C26H25NO4S/c1-18-7-4-5-10-23(18)24-12-11-20(15-21(24)17-30-2)26-14-13-25(27-31-26)19-8-6-9-22(16-19)32(3,28)29/h4-12,14-16H,13,17H2,1-3H3. The molecule has 0 fully saturated rings. The van der Waals surface area contributed by atoms with Crippen molar-refractivity contribution in [2.75, 3.05) is 13.4 Å². The number of hydrogen-bond donors (Lipinski definition) is 0. The maximum absolute atomic E-state index is 11.8. The molecule has 3 aromatic carbocycles. The third-order valence-corrected chi connectivity index (χ3v) is 6.57. The van der Waals surface area contributed by atoms with Crippen molar-refractivity contribution in [1.82, 2.24) is 0 Å². The van der Waals surface area contributed by atoms with Gasteiger partial charge in [0.15, 0.2) is 15.6 Å². The Balaban J connectivity index is 1.60. The van der Waals surface area contributed by atoms with E-state index in [4.69, 9.17) is 9.57 Å². The number of nitrogens with zero attached hydrogens (tertiary/aromatic N) is 1. The van der Waals surface area contributed by atoms with Crippen LogP contribution in [-0.4, -0.2) is 27.5 Å². The van der Waals surface area contributed by atoms with E-state index in [-0.39, 0.29) is 4.90 Å². The minimum atomic E-state index is -3.28. The summed E-state index contributed by atoms with van der Waals surface area (Å²) in [5.41, 5.74) is 6.92. The van der Waals surface area contributed by atoms with Crippen molar-refractivity contribution in [2.24, 2.45) is 5.16 Å². The molecule has 4 rings (SSSR count). The van der Waals surface area contributed by atoms with Crippen molar-refractivity contribution in [1.29, 1.82) is 0 Å².